The van der Waals surface area contributed by atoms with E-state index in [9.17, 15) is 4.39 Å². The van der Waals surface area contributed by atoms with Crippen molar-refractivity contribution in [3.63, 3.8) is 0 Å². The molecule has 0 atom stereocenters. The molecule has 0 saturated carbocycles. The van der Waals surface area contributed by atoms with Crippen molar-refractivity contribution in [2.75, 3.05) is 5.32 Å². The fourth-order valence-corrected chi connectivity index (χ4v) is 2.51. The quantitative estimate of drug-likeness (QED) is 0.624. The van der Waals surface area contributed by atoms with Crippen LogP contribution in [0.4, 0.5) is 10.2 Å². The van der Waals surface area contributed by atoms with Crippen molar-refractivity contribution in [2.45, 2.75) is 6.54 Å². The van der Waals surface area contributed by atoms with Crippen molar-refractivity contribution >= 4 is 16.9 Å². The SMILES string of the molecule is Cn1ccnc1CNc1ncnc2c1cnn2-c1ccccc1F. The largest absolute Gasteiger partial charge is 0.362 e. The molecule has 120 valence electrons. The Morgan fingerprint density at radius 1 is 1.17 bits per heavy atom. The van der Waals surface area contributed by atoms with E-state index in [1.807, 2.05) is 17.8 Å². The predicted octanol–water partition coefficient (Wildman–Crippen LogP) is 2.30. The van der Waals surface area contributed by atoms with Gasteiger partial charge in [-0.3, -0.25) is 0 Å². The van der Waals surface area contributed by atoms with Crippen molar-refractivity contribution in [3.05, 3.63) is 60.8 Å². The second kappa shape index (κ2) is 5.73. The van der Waals surface area contributed by atoms with E-state index in [-0.39, 0.29) is 5.82 Å². The lowest BCUT2D eigenvalue weighted by Crippen LogP contribution is -2.07. The number of benzene rings is 1. The van der Waals surface area contributed by atoms with Crippen LogP contribution in [0, 0.1) is 5.82 Å². The van der Waals surface area contributed by atoms with Gasteiger partial charge in [0.15, 0.2) is 5.65 Å². The second-order valence-electron chi connectivity index (χ2n) is 5.28. The summed E-state index contributed by atoms with van der Waals surface area (Å²) >= 11 is 0. The molecule has 0 fully saturated rings. The highest BCUT2D eigenvalue weighted by Gasteiger charge is 2.13. The summed E-state index contributed by atoms with van der Waals surface area (Å²) < 4.78 is 17.4. The lowest BCUT2D eigenvalue weighted by molar-refractivity contribution is 0.612. The van der Waals surface area contributed by atoms with Gasteiger partial charge in [0.05, 0.1) is 18.1 Å². The third-order valence-electron chi connectivity index (χ3n) is 3.78. The number of anilines is 1. The van der Waals surface area contributed by atoms with E-state index in [1.54, 1.807) is 30.6 Å². The summed E-state index contributed by atoms with van der Waals surface area (Å²) in [6.45, 7) is 0.514. The van der Waals surface area contributed by atoms with Crippen molar-refractivity contribution in [1.82, 2.24) is 29.3 Å². The van der Waals surface area contributed by atoms with Crippen molar-refractivity contribution in [3.8, 4) is 5.69 Å². The molecule has 0 amide bonds. The molecule has 3 heterocycles. The summed E-state index contributed by atoms with van der Waals surface area (Å²) in [6.07, 6.45) is 6.68. The first-order valence-corrected chi connectivity index (χ1v) is 7.38. The third-order valence-corrected chi connectivity index (χ3v) is 3.78. The monoisotopic (exact) mass is 323 g/mol. The highest BCUT2D eigenvalue weighted by Crippen LogP contribution is 2.23. The van der Waals surface area contributed by atoms with Crippen LogP contribution in [0.25, 0.3) is 16.7 Å². The zero-order chi connectivity index (χ0) is 16.5. The van der Waals surface area contributed by atoms with Crippen LogP contribution in [0.1, 0.15) is 5.82 Å². The van der Waals surface area contributed by atoms with E-state index in [2.05, 4.69) is 25.4 Å². The Balaban J connectivity index is 1.72. The Kier molecular flexibility index (Phi) is 3.42. The fraction of sp³-hybridized carbons (Fsp3) is 0.125. The molecule has 0 radical (unpaired) electrons. The van der Waals surface area contributed by atoms with Crippen LogP contribution in [0.2, 0.25) is 0 Å². The molecule has 0 aliphatic heterocycles. The van der Waals surface area contributed by atoms with E-state index in [0.717, 1.165) is 11.2 Å². The van der Waals surface area contributed by atoms with Crippen molar-refractivity contribution < 1.29 is 4.39 Å². The maximum atomic E-state index is 14.0. The van der Waals surface area contributed by atoms with Gasteiger partial charge in [0, 0.05) is 19.4 Å². The zero-order valence-corrected chi connectivity index (χ0v) is 12.9. The number of aryl methyl sites for hydroxylation is 1. The van der Waals surface area contributed by atoms with Crippen LogP contribution >= 0.6 is 0 Å². The molecule has 1 aromatic carbocycles. The molecule has 0 aliphatic carbocycles. The van der Waals surface area contributed by atoms with Crippen LogP contribution in [-0.4, -0.2) is 29.3 Å². The Bertz CT molecular complexity index is 1000. The predicted molar refractivity (Wildman–Crippen MR) is 87.2 cm³/mol. The Labute approximate surface area is 136 Å². The van der Waals surface area contributed by atoms with Crippen LogP contribution in [-0.2, 0) is 13.6 Å². The second-order valence-corrected chi connectivity index (χ2v) is 5.28. The summed E-state index contributed by atoms with van der Waals surface area (Å²) in [4.78, 5) is 12.8. The van der Waals surface area contributed by atoms with Crippen molar-refractivity contribution in [1.29, 1.82) is 0 Å². The molecular weight excluding hydrogens is 309 g/mol. The maximum absolute atomic E-state index is 14.0. The van der Waals surface area contributed by atoms with Gasteiger partial charge in [-0.2, -0.15) is 5.10 Å². The van der Waals surface area contributed by atoms with Gasteiger partial charge in [0.2, 0.25) is 0 Å². The van der Waals surface area contributed by atoms with Gasteiger partial charge < -0.3 is 9.88 Å². The number of para-hydroxylation sites is 1. The molecule has 4 rings (SSSR count). The molecule has 0 aliphatic rings. The number of imidazole rings is 1. The molecule has 7 nitrogen and oxygen atoms in total. The third kappa shape index (κ3) is 2.37. The smallest absolute Gasteiger partial charge is 0.168 e. The van der Waals surface area contributed by atoms with Crippen LogP contribution in [0.5, 0.6) is 0 Å². The van der Waals surface area contributed by atoms with Crippen LogP contribution in [0.3, 0.4) is 0 Å². The molecule has 0 saturated heterocycles. The number of fused-ring (bicyclic) bond motifs is 1. The number of aromatic nitrogens is 6. The number of nitrogens with zero attached hydrogens (tertiary/aromatic N) is 6. The van der Waals surface area contributed by atoms with E-state index in [4.69, 9.17) is 0 Å². The van der Waals surface area contributed by atoms with Gasteiger partial charge in [-0.15, -0.1) is 0 Å². The minimum atomic E-state index is -0.358. The Hall–Kier alpha value is -3.29. The minimum absolute atomic E-state index is 0.348. The van der Waals surface area contributed by atoms with Gasteiger partial charge in [0.1, 0.15) is 29.5 Å². The van der Waals surface area contributed by atoms with E-state index >= 15 is 0 Å². The highest BCUT2D eigenvalue weighted by atomic mass is 19.1. The average Bonchev–Trinajstić information content (AvgIpc) is 3.20. The van der Waals surface area contributed by atoms with E-state index in [0.29, 0.717) is 23.7 Å². The van der Waals surface area contributed by atoms with Gasteiger partial charge in [0.25, 0.3) is 0 Å². The number of rotatable bonds is 4. The molecule has 1 N–H and O–H groups in total. The summed E-state index contributed by atoms with van der Waals surface area (Å²) in [7, 11) is 1.93. The number of nitrogens with one attached hydrogen (secondary N) is 1. The molecule has 3 aromatic heterocycles. The molecule has 0 unspecified atom stereocenters. The summed E-state index contributed by atoms with van der Waals surface area (Å²) in [5, 5.41) is 8.21. The van der Waals surface area contributed by atoms with Crippen molar-refractivity contribution in [2.24, 2.45) is 7.05 Å². The molecule has 4 aromatic rings. The average molecular weight is 323 g/mol. The standard InChI is InChI=1S/C16H14FN7/c1-23-7-6-18-14(23)9-19-15-11-8-22-24(16(11)21-10-20-15)13-5-3-2-4-12(13)17/h2-8,10H,9H2,1H3,(H,19,20,21). The summed E-state index contributed by atoms with van der Waals surface area (Å²) in [5.41, 5.74) is 0.888. The first kappa shape index (κ1) is 14.3. The molecule has 0 spiro atoms. The number of hydrogen-bond donors (Lipinski definition) is 1. The van der Waals surface area contributed by atoms with E-state index in [1.165, 1.54) is 17.1 Å². The van der Waals surface area contributed by atoms with E-state index < -0.39 is 0 Å². The first-order chi connectivity index (χ1) is 11.7. The molecule has 0 bridgehead atoms. The normalized spacial score (nSPS) is 11.1. The minimum Gasteiger partial charge on any atom is -0.362 e. The van der Waals surface area contributed by atoms with Gasteiger partial charge in [-0.05, 0) is 12.1 Å². The fourth-order valence-electron chi connectivity index (χ4n) is 2.51. The van der Waals surface area contributed by atoms with Crippen LogP contribution < -0.4 is 5.32 Å². The molecular formula is C16H14FN7. The Morgan fingerprint density at radius 2 is 2.04 bits per heavy atom. The Morgan fingerprint density at radius 3 is 2.83 bits per heavy atom. The first-order valence-electron chi connectivity index (χ1n) is 7.38. The number of hydrogen-bond acceptors (Lipinski definition) is 5. The topological polar surface area (TPSA) is 73.5 Å². The maximum Gasteiger partial charge on any atom is 0.168 e. The lowest BCUT2D eigenvalue weighted by atomic mass is 10.3. The summed E-state index contributed by atoms with van der Waals surface area (Å²) in [5.74, 6) is 1.15. The lowest BCUT2D eigenvalue weighted by Gasteiger charge is -2.07. The molecule has 24 heavy (non-hydrogen) atoms. The van der Waals surface area contributed by atoms with Gasteiger partial charge in [-0.1, -0.05) is 12.1 Å². The van der Waals surface area contributed by atoms with Gasteiger partial charge in [-0.25, -0.2) is 24.0 Å². The highest BCUT2D eigenvalue weighted by molar-refractivity contribution is 5.87. The van der Waals surface area contributed by atoms with Crippen LogP contribution in [0.15, 0.2) is 49.2 Å². The van der Waals surface area contributed by atoms with Gasteiger partial charge >= 0.3 is 0 Å². The zero-order valence-electron chi connectivity index (χ0n) is 12.9. The summed E-state index contributed by atoms with van der Waals surface area (Å²) in [6, 6.07) is 6.45. The molecule has 8 heteroatoms. The number of halogens is 1.